The smallest absolute Gasteiger partial charge is 0.247 e. The van der Waals surface area contributed by atoms with E-state index < -0.39 is 0 Å². The van der Waals surface area contributed by atoms with Gasteiger partial charge in [-0.05, 0) is 35.9 Å². The molecule has 0 saturated heterocycles. The Kier molecular flexibility index (Phi) is 3.52. The largest absolute Gasteiger partial charge is 0.378 e. The Hall–Kier alpha value is -2.49. The number of para-hydroxylation sites is 1. The average molecular weight is 281 g/mol. The van der Waals surface area contributed by atoms with Crippen molar-refractivity contribution in [1.82, 2.24) is 0 Å². The highest BCUT2D eigenvalue weighted by molar-refractivity contribution is 5.98. The van der Waals surface area contributed by atoms with E-state index in [1.807, 2.05) is 61.5 Å². The van der Waals surface area contributed by atoms with Crippen molar-refractivity contribution in [3.8, 4) is 0 Å². The summed E-state index contributed by atoms with van der Waals surface area (Å²) in [5.41, 5.74) is 4.18. The highest BCUT2D eigenvalue weighted by Gasteiger charge is 2.26. The Bertz CT molecular complexity index is 624. The van der Waals surface area contributed by atoms with Crippen molar-refractivity contribution < 1.29 is 4.79 Å². The van der Waals surface area contributed by atoms with E-state index in [0.717, 1.165) is 23.5 Å². The molecular weight excluding hydrogens is 262 g/mol. The number of benzene rings is 2. The van der Waals surface area contributed by atoms with Gasteiger partial charge in [0.25, 0.3) is 0 Å². The van der Waals surface area contributed by atoms with E-state index in [9.17, 15) is 4.79 Å². The number of hydrogen-bond acceptors (Lipinski definition) is 3. The van der Waals surface area contributed by atoms with Crippen molar-refractivity contribution in [2.75, 3.05) is 29.6 Å². The third-order valence-corrected chi connectivity index (χ3v) is 3.74. The van der Waals surface area contributed by atoms with Crippen LogP contribution in [0.15, 0.2) is 48.5 Å². The molecule has 2 aromatic carbocycles. The normalized spacial score (nSPS) is 16.0. The second-order valence-electron chi connectivity index (χ2n) is 5.49. The van der Waals surface area contributed by atoms with Crippen LogP contribution in [0, 0.1) is 0 Å². The summed E-state index contributed by atoms with van der Waals surface area (Å²) in [6, 6.07) is 15.7. The first-order chi connectivity index (χ1) is 10.1. The number of nitrogens with zero attached hydrogens (tertiary/aromatic N) is 1. The van der Waals surface area contributed by atoms with Gasteiger partial charge in [-0.3, -0.25) is 4.79 Å². The number of hydrogen-bond donors (Lipinski definition) is 2. The van der Waals surface area contributed by atoms with Gasteiger partial charge in [-0.1, -0.05) is 18.2 Å². The van der Waals surface area contributed by atoms with E-state index in [1.54, 1.807) is 0 Å². The lowest BCUT2D eigenvalue weighted by Gasteiger charge is -2.15. The van der Waals surface area contributed by atoms with Crippen LogP contribution in [-0.2, 0) is 11.2 Å². The summed E-state index contributed by atoms with van der Waals surface area (Å²) < 4.78 is 0. The second kappa shape index (κ2) is 5.48. The lowest BCUT2D eigenvalue weighted by atomic mass is 10.1. The van der Waals surface area contributed by atoms with Gasteiger partial charge in [-0.15, -0.1) is 0 Å². The Labute approximate surface area is 124 Å². The van der Waals surface area contributed by atoms with Gasteiger partial charge >= 0.3 is 0 Å². The summed E-state index contributed by atoms with van der Waals surface area (Å²) in [6.45, 7) is 0. The van der Waals surface area contributed by atoms with Crippen LogP contribution >= 0.6 is 0 Å². The summed E-state index contributed by atoms with van der Waals surface area (Å²) in [7, 11) is 3.99. The molecule has 1 unspecified atom stereocenters. The summed E-state index contributed by atoms with van der Waals surface area (Å²) in [5.74, 6) is 0.00352. The molecule has 3 rings (SSSR count). The van der Waals surface area contributed by atoms with Gasteiger partial charge in [0, 0.05) is 37.6 Å². The molecule has 0 radical (unpaired) electrons. The number of fused-ring (bicyclic) bond motifs is 1. The fourth-order valence-electron chi connectivity index (χ4n) is 2.53. The zero-order chi connectivity index (χ0) is 14.8. The van der Waals surface area contributed by atoms with Crippen molar-refractivity contribution >= 4 is 23.0 Å². The molecule has 0 fully saturated rings. The third-order valence-electron chi connectivity index (χ3n) is 3.74. The Morgan fingerprint density at radius 2 is 1.86 bits per heavy atom. The molecule has 0 aromatic heterocycles. The van der Waals surface area contributed by atoms with Crippen LogP contribution in [0.4, 0.5) is 17.1 Å². The summed E-state index contributed by atoms with van der Waals surface area (Å²) in [6.07, 6.45) is 0.734. The summed E-state index contributed by atoms with van der Waals surface area (Å²) >= 11 is 0. The molecule has 0 bridgehead atoms. The van der Waals surface area contributed by atoms with Crippen LogP contribution in [0.5, 0.6) is 0 Å². The molecule has 1 atom stereocenters. The Balaban J connectivity index is 1.65. The van der Waals surface area contributed by atoms with Crippen LogP contribution in [-0.4, -0.2) is 26.0 Å². The molecule has 0 aliphatic carbocycles. The van der Waals surface area contributed by atoms with Gasteiger partial charge in [0.2, 0.25) is 5.91 Å². The van der Waals surface area contributed by atoms with E-state index in [4.69, 9.17) is 0 Å². The zero-order valence-electron chi connectivity index (χ0n) is 12.3. The first kappa shape index (κ1) is 13.5. The molecule has 4 nitrogen and oxygen atoms in total. The van der Waals surface area contributed by atoms with Gasteiger partial charge in [-0.25, -0.2) is 0 Å². The van der Waals surface area contributed by atoms with Crippen LogP contribution in [0.2, 0.25) is 0 Å². The van der Waals surface area contributed by atoms with Gasteiger partial charge in [-0.2, -0.15) is 0 Å². The number of nitrogens with one attached hydrogen (secondary N) is 2. The van der Waals surface area contributed by atoms with Gasteiger partial charge in [0.1, 0.15) is 6.04 Å². The van der Waals surface area contributed by atoms with E-state index in [2.05, 4.69) is 16.7 Å². The molecule has 1 aliphatic heterocycles. The van der Waals surface area contributed by atoms with Gasteiger partial charge < -0.3 is 15.5 Å². The maximum atomic E-state index is 12.3. The maximum absolute atomic E-state index is 12.3. The van der Waals surface area contributed by atoms with Crippen molar-refractivity contribution in [3.05, 3.63) is 54.1 Å². The molecule has 0 spiro atoms. The number of anilines is 3. The number of amides is 1. The van der Waals surface area contributed by atoms with Crippen LogP contribution < -0.4 is 15.5 Å². The van der Waals surface area contributed by atoms with Crippen molar-refractivity contribution in [3.63, 3.8) is 0 Å². The molecule has 108 valence electrons. The summed E-state index contributed by atoms with van der Waals surface area (Å²) in [4.78, 5) is 14.3. The van der Waals surface area contributed by atoms with Crippen molar-refractivity contribution in [2.24, 2.45) is 0 Å². The number of carbonyl (C=O) groups is 1. The quantitative estimate of drug-likeness (QED) is 0.909. The highest BCUT2D eigenvalue weighted by Crippen LogP contribution is 2.26. The highest BCUT2D eigenvalue weighted by atomic mass is 16.2. The van der Waals surface area contributed by atoms with Crippen molar-refractivity contribution in [1.29, 1.82) is 0 Å². The first-order valence-corrected chi connectivity index (χ1v) is 7.06. The van der Waals surface area contributed by atoms with Crippen molar-refractivity contribution in [2.45, 2.75) is 12.5 Å². The minimum Gasteiger partial charge on any atom is -0.378 e. The molecule has 1 heterocycles. The van der Waals surface area contributed by atoms with E-state index in [-0.39, 0.29) is 11.9 Å². The maximum Gasteiger partial charge on any atom is 0.247 e. The number of carbonyl (C=O) groups excluding carboxylic acids is 1. The molecule has 1 amide bonds. The molecule has 21 heavy (non-hydrogen) atoms. The van der Waals surface area contributed by atoms with Crippen LogP contribution in [0.3, 0.4) is 0 Å². The fourth-order valence-corrected chi connectivity index (χ4v) is 2.53. The lowest BCUT2D eigenvalue weighted by Crippen LogP contribution is -2.32. The SMILES string of the molecule is CN(C)c1ccc(NC(=O)C2Cc3ccccc3N2)cc1. The molecule has 0 saturated carbocycles. The molecule has 4 heteroatoms. The minimum atomic E-state index is -0.198. The van der Waals surface area contributed by atoms with E-state index in [1.165, 1.54) is 5.56 Å². The Morgan fingerprint density at radius 3 is 2.52 bits per heavy atom. The molecular formula is C17H19N3O. The third kappa shape index (κ3) is 2.84. The predicted octanol–water partition coefficient (Wildman–Crippen LogP) is 2.73. The summed E-state index contributed by atoms with van der Waals surface area (Å²) in [5, 5.41) is 6.23. The first-order valence-electron chi connectivity index (χ1n) is 7.06. The van der Waals surface area contributed by atoms with Gasteiger partial charge in [0.15, 0.2) is 0 Å². The van der Waals surface area contributed by atoms with Crippen LogP contribution in [0.1, 0.15) is 5.56 Å². The molecule has 2 aromatic rings. The number of rotatable bonds is 3. The van der Waals surface area contributed by atoms with Crippen LogP contribution in [0.25, 0.3) is 0 Å². The average Bonchev–Trinajstić information content (AvgIpc) is 2.92. The standard InChI is InChI=1S/C17H19N3O/c1-20(2)14-9-7-13(8-10-14)18-17(21)16-11-12-5-3-4-6-15(12)19-16/h3-10,16,19H,11H2,1-2H3,(H,18,21). The molecule has 2 N–H and O–H groups in total. The molecule has 1 aliphatic rings. The van der Waals surface area contributed by atoms with E-state index in [0.29, 0.717) is 0 Å². The fraction of sp³-hybridized carbons (Fsp3) is 0.235. The monoisotopic (exact) mass is 281 g/mol. The zero-order valence-corrected chi connectivity index (χ0v) is 12.3. The second-order valence-corrected chi connectivity index (χ2v) is 5.49. The van der Waals surface area contributed by atoms with Gasteiger partial charge in [0.05, 0.1) is 0 Å². The lowest BCUT2D eigenvalue weighted by molar-refractivity contribution is -0.116. The topological polar surface area (TPSA) is 44.4 Å². The Morgan fingerprint density at radius 1 is 1.14 bits per heavy atom. The predicted molar refractivity (Wildman–Crippen MR) is 87.0 cm³/mol. The van der Waals surface area contributed by atoms with E-state index >= 15 is 0 Å². The minimum absolute atomic E-state index is 0.00352.